The van der Waals surface area contributed by atoms with E-state index in [0.29, 0.717) is 21.9 Å². The molecule has 0 bridgehead atoms. The van der Waals surface area contributed by atoms with Crippen LogP contribution in [0, 0.1) is 0 Å². The van der Waals surface area contributed by atoms with Gasteiger partial charge in [0.1, 0.15) is 12.3 Å². The second-order valence-electron chi connectivity index (χ2n) is 6.10. The van der Waals surface area contributed by atoms with Gasteiger partial charge in [0.25, 0.3) is 5.91 Å². The van der Waals surface area contributed by atoms with Crippen molar-refractivity contribution in [2.75, 3.05) is 18.1 Å². The molecule has 0 unspecified atom stereocenters. The van der Waals surface area contributed by atoms with Gasteiger partial charge in [-0.15, -0.1) is 11.3 Å². The van der Waals surface area contributed by atoms with Crippen molar-refractivity contribution in [3.8, 4) is 5.75 Å². The predicted octanol–water partition coefficient (Wildman–Crippen LogP) is 1.98. The summed E-state index contributed by atoms with van der Waals surface area (Å²) in [5, 5.41) is 4.71. The lowest BCUT2D eigenvalue weighted by molar-refractivity contribution is -0.125. The molecule has 1 aromatic carbocycles. The fourth-order valence-electron chi connectivity index (χ4n) is 2.71. The van der Waals surface area contributed by atoms with Crippen molar-refractivity contribution >= 4 is 34.6 Å². The number of nitrogens with zero attached hydrogens (tertiary/aromatic N) is 1. The maximum absolute atomic E-state index is 12.5. The van der Waals surface area contributed by atoms with Gasteiger partial charge in [-0.1, -0.05) is 6.07 Å². The van der Waals surface area contributed by atoms with Gasteiger partial charge in [0.2, 0.25) is 11.7 Å². The average molecular weight is 356 g/mol. The fraction of sp³-hybridized carbons (Fsp3) is 0.278. The number of ether oxygens (including phenoxy) is 1. The van der Waals surface area contributed by atoms with Crippen molar-refractivity contribution in [3.05, 3.63) is 46.2 Å². The molecule has 1 N–H and O–H groups in total. The maximum atomic E-state index is 12.5. The lowest BCUT2D eigenvalue weighted by atomic mass is 10.1. The second kappa shape index (κ2) is 6.33. The minimum atomic E-state index is -0.292. The van der Waals surface area contributed by atoms with Gasteiger partial charge in [0.15, 0.2) is 6.61 Å². The van der Waals surface area contributed by atoms with E-state index in [9.17, 15) is 14.4 Å². The number of anilines is 1. The Morgan fingerprint density at radius 1 is 1.28 bits per heavy atom. The molecule has 0 atom stereocenters. The topological polar surface area (TPSA) is 75.7 Å². The van der Waals surface area contributed by atoms with Crippen LogP contribution < -0.4 is 15.0 Å². The van der Waals surface area contributed by atoms with Gasteiger partial charge in [-0.3, -0.25) is 19.3 Å². The second-order valence-corrected chi connectivity index (χ2v) is 7.05. The average Bonchev–Trinajstić information content (AvgIpc) is 3.24. The van der Waals surface area contributed by atoms with E-state index in [1.165, 1.54) is 16.2 Å². The molecule has 2 aromatic rings. The molecule has 0 radical (unpaired) electrons. The molecule has 2 amide bonds. The zero-order valence-corrected chi connectivity index (χ0v) is 14.2. The maximum Gasteiger partial charge on any atom is 0.265 e. The van der Waals surface area contributed by atoms with Crippen LogP contribution in [0.2, 0.25) is 0 Å². The van der Waals surface area contributed by atoms with E-state index in [1.54, 1.807) is 24.3 Å². The fourth-order valence-corrected chi connectivity index (χ4v) is 3.40. The summed E-state index contributed by atoms with van der Waals surface area (Å²) >= 11 is 1.36. The molecule has 0 spiro atoms. The van der Waals surface area contributed by atoms with Gasteiger partial charge in [-0.25, -0.2) is 0 Å². The van der Waals surface area contributed by atoms with E-state index in [0.717, 1.165) is 12.8 Å². The summed E-state index contributed by atoms with van der Waals surface area (Å²) in [5.74, 6) is -0.0994. The van der Waals surface area contributed by atoms with Gasteiger partial charge in [0.05, 0.1) is 10.6 Å². The zero-order valence-electron chi connectivity index (χ0n) is 13.4. The van der Waals surface area contributed by atoms with Crippen molar-refractivity contribution in [1.29, 1.82) is 0 Å². The predicted molar refractivity (Wildman–Crippen MR) is 93.2 cm³/mol. The third kappa shape index (κ3) is 3.28. The third-order valence-corrected chi connectivity index (χ3v) is 5.02. The largest absolute Gasteiger partial charge is 0.482 e. The Kier molecular flexibility index (Phi) is 4.01. The van der Waals surface area contributed by atoms with Crippen LogP contribution in [0.15, 0.2) is 35.7 Å². The highest BCUT2D eigenvalue weighted by Gasteiger charge is 2.30. The van der Waals surface area contributed by atoms with Crippen LogP contribution in [0.25, 0.3) is 0 Å². The minimum absolute atomic E-state index is 0.0671. The lowest BCUT2D eigenvalue weighted by Gasteiger charge is -2.29. The molecule has 7 heteroatoms. The number of carbonyl (C=O) groups excluding carboxylic acids is 3. The van der Waals surface area contributed by atoms with Crippen molar-refractivity contribution in [1.82, 2.24) is 5.32 Å². The highest BCUT2D eigenvalue weighted by molar-refractivity contribution is 7.12. The van der Waals surface area contributed by atoms with Crippen molar-refractivity contribution in [3.63, 3.8) is 0 Å². The van der Waals surface area contributed by atoms with E-state index >= 15 is 0 Å². The molecule has 1 saturated carbocycles. The van der Waals surface area contributed by atoms with E-state index < -0.39 is 0 Å². The number of nitrogens with one attached hydrogen (secondary N) is 1. The summed E-state index contributed by atoms with van der Waals surface area (Å²) in [4.78, 5) is 38.9. The summed E-state index contributed by atoms with van der Waals surface area (Å²) in [6.07, 6.45) is 1.97. The monoisotopic (exact) mass is 356 g/mol. The first-order chi connectivity index (χ1) is 12.1. The smallest absolute Gasteiger partial charge is 0.265 e. The van der Waals surface area contributed by atoms with Crippen LogP contribution in [0.1, 0.15) is 28.1 Å². The Morgan fingerprint density at radius 3 is 2.84 bits per heavy atom. The minimum Gasteiger partial charge on any atom is -0.482 e. The molecule has 2 heterocycles. The number of benzene rings is 1. The number of amides is 2. The van der Waals surface area contributed by atoms with E-state index in [2.05, 4.69) is 5.32 Å². The Morgan fingerprint density at radius 2 is 2.12 bits per heavy atom. The SMILES string of the molecule is O=C(CN1C(=O)COc2ccc(C(=O)c3cccs3)cc21)NC1CC1. The number of carbonyl (C=O) groups is 3. The lowest BCUT2D eigenvalue weighted by Crippen LogP contribution is -2.45. The van der Waals surface area contributed by atoms with Crippen LogP contribution in [-0.4, -0.2) is 36.8 Å². The third-order valence-electron chi connectivity index (χ3n) is 4.15. The number of rotatable bonds is 5. The Hall–Kier alpha value is -2.67. The number of hydrogen-bond acceptors (Lipinski definition) is 5. The van der Waals surface area contributed by atoms with Crippen LogP contribution >= 0.6 is 11.3 Å². The summed E-state index contributed by atoms with van der Waals surface area (Å²) in [5.41, 5.74) is 0.928. The first kappa shape index (κ1) is 15.8. The normalized spacial score (nSPS) is 16.2. The van der Waals surface area contributed by atoms with Crippen LogP contribution in [-0.2, 0) is 9.59 Å². The Bertz CT molecular complexity index is 843. The van der Waals surface area contributed by atoms with Crippen LogP contribution in [0.4, 0.5) is 5.69 Å². The first-order valence-electron chi connectivity index (χ1n) is 8.06. The molecule has 4 rings (SSSR count). The van der Waals surface area contributed by atoms with E-state index in [1.807, 2.05) is 11.4 Å². The summed E-state index contributed by atoms with van der Waals surface area (Å²) in [6.45, 7) is -0.176. The molecule has 25 heavy (non-hydrogen) atoms. The van der Waals surface area contributed by atoms with Gasteiger partial charge >= 0.3 is 0 Å². The van der Waals surface area contributed by atoms with Crippen molar-refractivity contribution < 1.29 is 19.1 Å². The quantitative estimate of drug-likeness (QED) is 0.831. The van der Waals surface area contributed by atoms with E-state index in [4.69, 9.17) is 4.74 Å². The molecule has 1 fully saturated rings. The first-order valence-corrected chi connectivity index (χ1v) is 8.94. The van der Waals surface area contributed by atoms with Crippen LogP contribution in [0.3, 0.4) is 0 Å². The van der Waals surface area contributed by atoms with Crippen molar-refractivity contribution in [2.45, 2.75) is 18.9 Å². The number of hydrogen-bond donors (Lipinski definition) is 1. The zero-order chi connectivity index (χ0) is 17.4. The molecule has 1 aliphatic carbocycles. The highest BCUT2D eigenvalue weighted by atomic mass is 32.1. The molecule has 0 saturated heterocycles. The molecule has 6 nitrogen and oxygen atoms in total. The standard InChI is InChI=1S/C18H16N2O4S/c21-16(19-12-4-5-12)9-20-13-8-11(18(23)15-2-1-7-25-15)3-6-14(13)24-10-17(20)22/h1-3,6-8,12H,4-5,9-10H2,(H,19,21). The van der Waals surface area contributed by atoms with Gasteiger partial charge in [-0.2, -0.15) is 0 Å². The van der Waals surface area contributed by atoms with E-state index in [-0.39, 0.29) is 36.8 Å². The molecule has 1 aromatic heterocycles. The number of thiophene rings is 1. The highest BCUT2D eigenvalue weighted by Crippen LogP contribution is 2.34. The summed E-state index contributed by atoms with van der Waals surface area (Å²) in [6, 6.07) is 8.79. The Balaban J connectivity index is 1.62. The molecule has 1 aliphatic heterocycles. The molecular formula is C18H16N2O4S. The number of ketones is 1. The summed E-state index contributed by atoms with van der Waals surface area (Å²) < 4.78 is 5.43. The van der Waals surface area contributed by atoms with Crippen LogP contribution in [0.5, 0.6) is 5.75 Å². The molecule has 2 aliphatic rings. The van der Waals surface area contributed by atoms with Gasteiger partial charge in [-0.05, 0) is 42.5 Å². The summed E-state index contributed by atoms with van der Waals surface area (Å²) in [7, 11) is 0. The van der Waals surface area contributed by atoms with Gasteiger partial charge < -0.3 is 10.1 Å². The number of fused-ring (bicyclic) bond motifs is 1. The van der Waals surface area contributed by atoms with Gasteiger partial charge in [0, 0.05) is 11.6 Å². The van der Waals surface area contributed by atoms with Crippen molar-refractivity contribution in [2.24, 2.45) is 0 Å². The molecule has 128 valence electrons. The Labute approximate surface area is 148 Å². The molecular weight excluding hydrogens is 340 g/mol.